The third-order valence-electron chi connectivity index (χ3n) is 2.83. The standard InChI is InChI=1S/C13H16N4O3/c1-16-8-5-10(15-16)4-6-14-12(18)9-17-7-2-3-11(17)13(19)20/h2-3,5,7-8H,4,6,9H2,1H3,(H,14,18)(H,19,20). The average molecular weight is 276 g/mol. The second-order valence-corrected chi connectivity index (χ2v) is 4.41. The van der Waals surface area contributed by atoms with Crippen LogP contribution in [0.1, 0.15) is 16.2 Å². The highest BCUT2D eigenvalue weighted by Crippen LogP contribution is 2.02. The van der Waals surface area contributed by atoms with Crippen LogP contribution >= 0.6 is 0 Å². The van der Waals surface area contributed by atoms with Gasteiger partial charge in [0, 0.05) is 32.4 Å². The Bertz CT molecular complexity index is 615. The number of nitrogens with zero attached hydrogens (tertiary/aromatic N) is 3. The predicted octanol–water partition coefficient (Wildman–Crippen LogP) is 0.279. The maximum absolute atomic E-state index is 11.7. The summed E-state index contributed by atoms with van der Waals surface area (Å²) in [4.78, 5) is 22.6. The molecule has 0 aliphatic carbocycles. The van der Waals surface area contributed by atoms with Crippen LogP contribution in [0.2, 0.25) is 0 Å². The van der Waals surface area contributed by atoms with Crippen LogP contribution in [-0.2, 0) is 24.8 Å². The summed E-state index contributed by atoms with van der Waals surface area (Å²) >= 11 is 0. The molecule has 20 heavy (non-hydrogen) atoms. The lowest BCUT2D eigenvalue weighted by atomic mass is 10.3. The fraction of sp³-hybridized carbons (Fsp3) is 0.308. The van der Waals surface area contributed by atoms with E-state index < -0.39 is 5.97 Å². The zero-order valence-electron chi connectivity index (χ0n) is 11.1. The van der Waals surface area contributed by atoms with E-state index in [4.69, 9.17) is 5.11 Å². The van der Waals surface area contributed by atoms with Crippen molar-refractivity contribution < 1.29 is 14.7 Å². The number of hydrogen-bond acceptors (Lipinski definition) is 3. The van der Waals surface area contributed by atoms with E-state index in [9.17, 15) is 9.59 Å². The summed E-state index contributed by atoms with van der Waals surface area (Å²) in [7, 11) is 1.83. The molecule has 0 saturated heterocycles. The molecular formula is C13H16N4O3. The Morgan fingerprint density at radius 1 is 1.35 bits per heavy atom. The molecule has 106 valence electrons. The second-order valence-electron chi connectivity index (χ2n) is 4.41. The smallest absolute Gasteiger partial charge is 0.352 e. The van der Waals surface area contributed by atoms with E-state index >= 15 is 0 Å². The lowest BCUT2D eigenvalue weighted by Crippen LogP contribution is -2.30. The number of rotatable bonds is 6. The summed E-state index contributed by atoms with van der Waals surface area (Å²) in [5.41, 5.74) is 1.00. The number of carboxylic acids is 1. The fourth-order valence-corrected chi connectivity index (χ4v) is 1.88. The zero-order chi connectivity index (χ0) is 14.5. The molecule has 0 atom stereocenters. The highest BCUT2D eigenvalue weighted by Gasteiger charge is 2.11. The number of aryl methyl sites for hydroxylation is 1. The van der Waals surface area contributed by atoms with Gasteiger partial charge in [0.2, 0.25) is 5.91 Å². The molecule has 0 aliphatic rings. The van der Waals surface area contributed by atoms with Crippen molar-refractivity contribution in [3.63, 3.8) is 0 Å². The molecule has 0 spiro atoms. The third kappa shape index (κ3) is 3.47. The monoisotopic (exact) mass is 276 g/mol. The first-order valence-corrected chi connectivity index (χ1v) is 6.20. The molecule has 2 heterocycles. The van der Waals surface area contributed by atoms with E-state index in [-0.39, 0.29) is 18.1 Å². The largest absolute Gasteiger partial charge is 0.477 e. The number of hydrogen-bond donors (Lipinski definition) is 2. The number of aromatic nitrogens is 3. The highest BCUT2D eigenvalue weighted by atomic mass is 16.4. The molecule has 0 radical (unpaired) electrons. The fourth-order valence-electron chi connectivity index (χ4n) is 1.88. The van der Waals surface area contributed by atoms with Crippen molar-refractivity contribution in [2.24, 2.45) is 7.05 Å². The van der Waals surface area contributed by atoms with Crippen LogP contribution in [0, 0.1) is 0 Å². The van der Waals surface area contributed by atoms with Crippen LogP contribution in [-0.4, -0.2) is 37.9 Å². The number of amides is 1. The Morgan fingerprint density at radius 2 is 2.15 bits per heavy atom. The maximum atomic E-state index is 11.7. The second kappa shape index (κ2) is 6.05. The third-order valence-corrected chi connectivity index (χ3v) is 2.83. The van der Waals surface area contributed by atoms with Crippen LogP contribution in [0.15, 0.2) is 30.6 Å². The summed E-state index contributed by atoms with van der Waals surface area (Å²) in [6, 6.07) is 4.95. The molecule has 0 unspecified atom stereocenters. The SMILES string of the molecule is Cn1ccc(CCNC(=O)Cn2cccc2C(=O)O)n1. The van der Waals surface area contributed by atoms with Crippen LogP contribution < -0.4 is 5.32 Å². The van der Waals surface area contributed by atoms with E-state index in [0.29, 0.717) is 13.0 Å². The van der Waals surface area contributed by atoms with Crippen LogP contribution in [0.3, 0.4) is 0 Å². The van der Waals surface area contributed by atoms with Crippen molar-refractivity contribution in [2.75, 3.05) is 6.54 Å². The van der Waals surface area contributed by atoms with Crippen LogP contribution in [0.25, 0.3) is 0 Å². The van der Waals surface area contributed by atoms with E-state index in [2.05, 4.69) is 10.4 Å². The minimum atomic E-state index is -1.05. The maximum Gasteiger partial charge on any atom is 0.352 e. The van der Waals surface area contributed by atoms with Gasteiger partial charge >= 0.3 is 5.97 Å². The van der Waals surface area contributed by atoms with Gasteiger partial charge in [-0.05, 0) is 18.2 Å². The molecule has 1 amide bonds. The van der Waals surface area contributed by atoms with Gasteiger partial charge in [-0.25, -0.2) is 4.79 Å². The van der Waals surface area contributed by atoms with Gasteiger partial charge in [0.15, 0.2) is 0 Å². The summed E-state index contributed by atoms with van der Waals surface area (Å²) in [6.07, 6.45) is 4.06. The molecule has 0 aromatic carbocycles. The summed E-state index contributed by atoms with van der Waals surface area (Å²) in [6.45, 7) is 0.469. The zero-order valence-corrected chi connectivity index (χ0v) is 11.1. The molecule has 0 aliphatic heterocycles. The Labute approximate surface area is 115 Å². The van der Waals surface area contributed by atoms with Gasteiger partial charge in [-0.2, -0.15) is 5.10 Å². The molecule has 2 N–H and O–H groups in total. The Hall–Kier alpha value is -2.57. The number of carboxylic acid groups (broad SMARTS) is 1. The van der Waals surface area contributed by atoms with Crippen molar-refractivity contribution in [2.45, 2.75) is 13.0 Å². The van der Waals surface area contributed by atoms with Crippen molar-refractivity contribution in [3.8, 4) is 0 Å². The van der Waals surface area contributed by atoms with E-state index in [1.54, 1.807) is 16.9 Å². The topological polar surface area (TPSA) is 89.2 Å². The molecule has 7 nitrogen and oxygen atoms in total. The molecular weight excluding hydrogens is 260 g/mol. The minimum absolute atomic E-state index is 0.00312. The van der Waals surface area contributed by atoms with Gasteiger partial charge in [-0.1, -0.05) is 0 Å². The van der Waals surface area contributed by atoms with Crippen LogP contribution in [0.5, 0.6) is 0 Å². The van der Waals surface area contributed by atoms with Gasteiger partial charge in [0.25, 0.3) is 0 Å². The molecule has 2 rings (SSSR count). The van der Waals surface area contributed by atoms with Gasteiger partial charge in [0.1, 0.15) is 12.2 Å². The predicted molar refractivity (Wildman–Crippen MR) is 71.3 cm³/mol. The van der Waals surface area contributed by atoms with E-state index in [1.165, 1.54) is 10.6 Å². The molecule has 2 aromatic heterocycles. The molecule has 0 saturated carbocycles. The Morgan fingerprint density at radius 3 is 2.80 bits per heavy atom. The summed E-state index contributed by atoms with van der Waals surface area (Å²) < 4.78 is 3.11. The lowest BCUT2D eigenvalue weighted by Gasteiger charge is -2.07. The minimum Gasteiger partial charge on any atom is -0.477 e. The summed E-state index contributed by atoms with van der Waals surface area (Å²) in [5, 5.41) is 15.9. The highest BCUT2D eigenvalue weighted by molar-refractivity contribution is 5.86. The van der Waals surface area contributed by atoms with Crippen LogP contribution in [0.4, 0.5) is 0 Å². The van der Waals surface area contributed by atoms with Gasteiger partial charge in [-0.15, -0.1) is 0 Å². The normalized spacial score (nSPS) is 10.4. The lowest BCUT2D eigenvalue weighted by molar-refractivity contribution is -0.121. The Balaban J connectivity index is 1.80. The van der Waals surface area contributed by atoms with Crippen molar-refractivity contribution >= 4 is 11.9 Å². The first-order valence-electron chi connectivity index (χ1n) is 6.20. The van der Waals surface area contributed by atoms with Crippen molar-refractivity contribution in [1.29, 1.82) is 0 Å². The number of nitrogens with one attached hydrogen (secondary N) is 1. The van der Waals surface area contributed by atoms with Gasteiger partial charge in [0.05, 0.1) is 5.69 Å². The number of carbonyl (C=O) groups excluding carboxylic acids is 1. The average Bonchev–Trinajstić information content (AvgIpc) is 2.98. The van der Waals surface area contributed by atoms with Crippen molar-refractivity contribution in [1.82, 2.24) is 19.7 Å². The van der Waals surface area contributed by atoms with E-state index in [0.717, 1.165) is 5.69 Å². The first kappa shape index (κ1) is 13.9. The first-order chi connectivity index (χ1) is 9.56. The number of carbonyl (C=O) groups is 2. The quantitative estimate of drug-likeness (QED) is 0.793. The van der Waals surface area contributed by atoms with Gasteiger partial charge in [-0.3, -0.25) is 9.48 Å². The molecule has 0 fully saturated rings. The summed E-state index contributed by atoms with van der Waals surface area (Å²) in [5.74, 6) is -1.27. The van der Waals surface area contributed by atoms with Gasteiger partial charge < -0.3 is 15.0 Å². The molecule has 0 bridgehead atoms. The number of aromatic carboxylic acids is 1. The molecule has 7 heteroatoms. The Kier molecular flexibility index (Phi) is 4.19. The van der Waals surface area contributed by atoms with Crippen molar-refractivity contribution in [3.05, 3.63) is 42.0 Å². The molecule has 2 aromatic rings. The van der Waals surface area contributed by atoms with E-state index in [1.807, 2.05) is 19.3 Å².